The predicted octanol–water partition coefficient (Wildman–Crippen LogP) is 2.10. The van der Waals surface area contributed by atoms with Gasteiger partial charge >= 0.3 is 5.97 Å². The van der Waals surface area contributed by atoms with E-state index in [0.29, 0.717) is 22.9 Å². The van der Waals surface area contributed by atoms with Gasteiger partial charge in [-0.25, -0.2) is 4.79 Å². The van der Waals surface area contributed by atoms with E-state index in [1.54, 1.807) is 14.2 Å². The Bertz CT molecular complexity index is 869. The minimum Gasteiger partial charge on any atom is -0.493 e. The highest BCUT2D eigenvalue weighted by Crippen LogP contribution is 2.48. The van der Waals surface area contributed by atoms with Crippen molar-refractivity contribution in [3.8, 4) is 11.5 Å². The van der Waals surface area contributed by atoms with Gasteiger partial charge in [-0.2, -0.15) is 5.10 Å². The Morgan fingerprint density at radius 2 is 2.12 bits per heavy atom. The number of para-hydroxylation sites is 1. The van der Waals surface area contributed by atoms with Crippen LogP contribution in [0.1, 0.15) is 22.7 Å². The second-order valence-corrected chi connectivity index (χ2v) is 5.72. The van der Waals surface area contributed by atoms with E-state index in [9.17, 15) is 4.79 Å². The molecule has 2 N–H and O–H groups in total. The monoisotopic (exact) mass is 327 g/mol. The summed E-state index contributed by atoms with van der Waals surface area (Å²) < 4.78 is 16.2. The number of aromatic amines is 1. The van der Waals surface area contributed by atoms with Crippen molar-refractivity contribution in [2.75, 3.05) is 26.1 Å². The highest BCUT2D eigenvalue weighted by atomic mass is 16.5. The molecule has 3 heterocycles. The number of fused-ring (bicyclic) bond motifs is 1. The molecule has 1 atom stereocenters. The first kappa shape index (κ1) is 14.6. The van der Waals surface area contributed by atoms with Crippen LogP contribution in [0, 0.1) is 6.92 Å². The largest absolute Gasteiger partial charge is 0.493 e. The maximum Gasteiger partial charge on any atom is 0.337 e. The van der Waals surface area contributed by atoms with Crippen LogP contribution >= 0.6 is 0 Å². The second-order valence-electron chi connectivity index (χ2n) is 5.72. The van der Waals surface area contributed by atoms with Crippen LogP contribution in [-0.4, -0.2) is 37.0 Å². The Morgan fingerprint density at radius 1 is 1.29 bits per heavy atom. The van der Waals surface area contributed by atoms with Gasteiger partial charge < -0.3 is 19.5 Å². The van der Waals surface area contributed by atoms with Gasteiger partial charge in [-0.1, -0.05) is 12.1 Å². The first-order valence-electron chi connectivity index (χ1n) is 7.58. The maximum absolute atomic E-state index is 12.4. The van der Waals surface area contributed by atoms with E-state index in [4.69, 9.17) is 14.2 Å². The third-order valence-electron chi connectivity index (χ3n) is 4.48. The van der Waals surface area contributed by atoms with Crippen LogP contribution < -0.4 is 14.8 Å². The van der Waals surface area contributed by atoms with Gasteiger partial charge in [-0.05, 0) is 13.0 Å². The van der Waals surface area contributed by atoms with Crippen LogP contribution in [-0.2, 0) is 9.53 Å². The molecule has 4 rings (SSSR count). The van der Waals surface area contributed by atoms with Gasteiger partial charge in [0.05, 0.1) is 31.4 Å². The van der Waals surface area contributed by atoms with E-state index in [1.807, 2.05) is 25.1 Å². The number of cyclic esters (lactones) is 1. The van der Waals surface area contributed by atoms with Crippen LogP contribution in [0.2, 0.25) is 0 Å². The van der Waals surface area contributed by atoms with Gasteiger partial charge in [0.25, 0.3) is 0 Å². The molecule has 2 aliphatic rings. The lowest BCUT2D eigenvalue weighted by Crippen LogP contribution is -2.20. The average Bonchev–Trinajstić information content (AvgIpc) is 3.16. The number of carbonyl (C=O) groups excluding carboxylic acids is 1. The van der Waals surface area contributed by atoms with Crippen molar-refractivity contribution in [3.63, 3.8) is 0 Å². The fourth-order valence-corrected chi connectivity index (χ4v) is 3.44. The minimum atomic E-state index is -0.324. The lowest BCUT2D eigenvalue weighted by Gasteiger charge is -2.26. The topological polar surface area (TPSA) is 85.5 Å². The van der Waals surface area contributed by atoms with Gasteiger partial charge in [0.15, 0.2) is 17.3 Å². The third-order valence-corrected chi connectivity index (χ3v) is 4.48. The molecule has 124 valence electrons. The number of ether oxygens (including phenoxy) is 3. The van der Waals surface area contributed by atoms with Gasteiger partial charge in [0.1, 0.15) is 6.61 Å². The molecule has 7 heteroatoms. The molecule has 0 bridgehead atoms. The number of aryl methyl sites for hydroxylation is 1. The van der Waals surface area contributed by atoms with E-state index in [0.717, 1.165) is 22.5 Å². The van der Waals surface area contributed by atoms with Crippen molar-refractivity contribution in [1.82, 2.24) is 10.2 Å². The quantitative estimate of drug-likeness (QED) is 0.840. The smallest absolute Gasteiger partial charge is 0.337 e. The van der Waals surface area contributed by atoms with Gasteiger partial charge in [-0.3, -0.25) is 5.10 Å². The van der Waals surface area contributed by atoms with Gasteiger partial charge in [0, 0.05) is 16.8 Å². The van der Waals surface area contributed by atoms with Crippen LogP contribution in [0.3, 0.4) is 0 Å². The number of benzene rings is 1. The number of hydrogen-bond acceptors (Lipinski definition) is 6. The number of hydrogen-bond donors (Lipinski definition) is 2. The molecule has 0 fully saturated rings. The lowest BCUT2D eigenvalue weighted by atomic mass is 9.81. The zero-order valence-corrected chi connectivity index (χ0v) is 13.6. The molecule has 0 radical (unpaired) electrons. The lowest BCUT2D eigenvalue weighted by molar-refractivity contribution is -0.136. The summed E-state index contributed by atoms with van der Waals surface area (Å²) in [5.41, 5.74) is 3.99. The maximum atomic E-state index is 12.4. The fourth-order valence-electron chi connectivity index (χ4n) is 3.44. The molecule has 2 aromatic rings. The van der Waals surface area contributed by atoms with Crippen molar-refractivity contribution < 1.29 is 19.0 Å². The molecule has 0 saturated heterocycles. The number of nitrogens with zero attached hydrogens (tertiary/aromatic N) is 1. The fraction of sp³-hybridized carbons (Fsp3) is 0.294. The van der Waals surface area contributed by atoms with Crippen LogP contribution in [0.15, 0.2) is 29.5 Å². The number of methoxy groups -OCH3 is 2. The molecular weight excluding hydrogens is 310 g/mol. The van der Waals surface area contributed by atoms with E-state index >= 15 is 0 Å². The molecule has 0 saturated carbocycles. The van der Waals surface area contributed by atoms with Gasteiger partial charge in [0.2, 0.25) is 0 Å². The molecule has 1 aromatic heterocycles. The summed E-state index contributed by atoms with van der Waals surface area (Å²) in [4.78, 5) is 12.4. The molecule has 24 heavy (non-hydrogen) atoms. The number of aromatic nitrogens is 2. The molecule has 2 aliphatic heterocycles. The van der Waals surface area contributed by atoms with Crippen molar-refractivity contribution in [1.29, 1.82) is 0 Å². The van der Waals surface area contributed by atoms with E-state index in [-0.39, 0.29) is 18.5 Å². The first-order chi connectivity index (χ1) is 11.7. The molecule has 0 spiro atoms. The zero-order valence-electron chi connectivity index (χ0n) is 13.6. The number of esters is 1. The zero-order chi connectivity index (χ0) is 16.8. The summed E-state index contributed by atoms with van der Waals surface area (Å²) in [5, 5.41) is 10.5. The van der Waals surface area contributed by atoms with Gasteiger partial charge in [-0.15, -0.1) is 0 Å². The Hall–Kier alpha value is -2.96. The molecule has 1 aromatic carbocycles. The minimum absolute atomic E-state index is 0.225. The summed E-state index contributed by atoms with van der Waals surface area (Å²) in [6.45, 7) is 2.15. The Labute approximate surface area is 138 Å². The highest BCUT2D eigenvalue weighted by molar-refractivity contribution is 5.97. The van der Waals surface area contributed by atoms with E-state index < -0.39 is 0 Å². The number of anilines is 1. The number of carbonyl (C=O) groups is 1. The second kappa shape index (κ2) is 5.30. The van der Waals surface area contributed by atoms with Crippen molar-refractivity contribution in [3.05, 3.63) is 46.3 Å². The predicted molar refractivity (Wildman–Crippen MR) is 86.3 cm³/mol. The van der Waals surface area contributed by atoms with Crippen LogP contribution in [0.4, 0.5) is 5.82 Å². The van der Waals surface area contributed by atoms with Crippen LogP contribution in [0.5, 0.6) is 11.5 Å². The Balaban J connectivity index is 1.99. The first-order valence-corrected chi connectivity index (χ1v) is 7.58. The standard InChI is InChI=1S/C17H17N3O4/c1-8-12-13(9-5-4-6-11(22-2)15(9)23-3)14-10(7-24-17(14)21)18-16(12)20-19-8/h4-6,13H,7H2,1-3H3,(H2,18,19,20)/t13-/m1/s1. The summed E-state index contributed by atoms with van der Waals surface area (Å²) in [6.07, 6.45) is 0. The molecular formula is C17H17N3O4. The molecule has 0 unspecified atom stereocenters. The third kappa shape index (κ3) is 1.90. The van der Waals surface area contributed by atoms with E-state index in [2.05, 4.69) is 15.5 Å². The summed E-state index contributed by atoms with van der Waals surface area (Å²) in [5.74, 6) is 1.28. The SMILES string of the molecule is COc1cccc([C@H]2C3=C(COC3=O)Nc3n[nH]c(C)c32)c1OC. The van der Waals surface area contributed by atoms with Crippen LogP contribution in [0.25, 0.3) is 0 Å². The van der Waals surface area contributed by atoms with Crippen molar-refractivity contribution in [2.24, 2.45) is 0 Å². The Kier molecular flexibility index (Phi) is 3.23. The summed E-state index contributed by atoms with van der Waals surface area (Å²) in [6, 6.07) is 5.65. The van der Waals surface area contributed by atoms with Crippen molar-refractivity contribution in [2.45, 2.75) is 12.8 Å². The number of nitrogens with one attached hydrogen (secondary N) is 2. The molecule has 0 amide bonds. The number of rotatable bonds is 3. The summed E-state index contributed by atoms with van der Waals surface area (Å²) in [7, 11) is 3.18. The summed E-state index contributed by atoms with van der Waals surface area (Å²) >= 11 is 0. The normalized spacial score (nSPS) is 18.6. The Morgan fingerprint density at radius 3 is 2.88 bits per heavy atom. The number of H-pyrrole nitrogens is 1. The molecule has 0 aliphatic carbocycles. The molecule has 7 nitrogen and oxygen atoms in total. The van der Waals surface area contributed by atoms with E-state index in [1.165, 1.54) is 0 Å². The average molecular weight is 327 g/mol. The highest BCUT2D eigenvalue weighted by Gasteiger charge is 2.42. The van der Waals surface area contributed by atoms with Crippen molar-refractivity contribution >= 4 is 11.8 Å².